The second-order valence-electron chi connectivity index (χ2n) is 4.12. The number of rotatable bonds is 4. The minimum atomic E-state index is -0.547. The van der Waals surface area contributed by atoms with E-state index in [1.165, 1.54) is 0 Å². The molecule has 0 aromatic heterocycles. The molecule has 0 saturated carbocycles. The predicted molar refractivity (Wildman–Crippen MR) is 46.8 cm³/mol. The number of hydrogen-bond acceptors (Lipinski definition) is 3. The number of nitrogens with two attached hydrogens (primary N) is 1. The van der Waals surface area contributed by atoms with Crippen LogP contribution in [0.15, 0.2) is 0 Å². The van der Waals surface area contributed by atoms with Crippen LogP contribution in [-0.4, -0.2) is 24.0 Å². The number of carbonyl (C=O) groups is 1. The van der Waals surface area contributed by atoms with Crippen molar-refractivity contribution in [3.8, 4) is 0 Å². The van der Waals surface area contributed by atoms with E-state index < -0.39 is 5.60 Å². The van der Waals surface area contributed by atoms with Crippen molar-refractivity contribution >= 4 is 5.78 Å². The highest BCUT2D eigenvalue weighted by Gasteiger charge is 2.48. The molecular weight excluding hydrogens is 154 g/mol. The Labute approximate surface area is 73.3 Å². The Balaban J connectivity index is 2.42. The van der Waals surface area contributed by atoms with Gasteiger partial charge >= 0.3 is 0 Å². The normalized spacial score (nSPS) is 30.4. The summed E-state index contributed by atoms with van der Waals surface area (Å²) in [4.78, 5) is 11.5. The van der Waals surface area contributed by atoms with Gasteiger partial charge in [-0.1, -0.05) is 13.8 Å². The van der Waals surface area contributed by atoms with E-state index in [2.05, 4.69) is 13.8 Å². The number of hydrogen-bond donors (Lipinski definition) is 1. The summed E-state index contributed by atoms with van der Waals surface area (Å²) in [5.74, 6) is 0.516. The molecule has 0 radical (unpaired) electrons. The predicted octanol–water partition coefficient (Wildman–Crippen LogP) is 0.718. The molecule has 1 aliphatic rings. The minimum Gasteiger partial charge on any atom is -0.362 e. The zero-order valence-corrected chi connectivity index (χ0v) is 7.96. The highest BCUT2D eigenvalue weighted by atomic mass is 16.6. The Morgan fingerprint density at radius 3 is 2.50 bits per heavy atom. The topological polar surface area (TPSA) is 55.6 Å². The van der Waals surface area contributed by atoms with Gasteiger partial charge in [0.15, 0.2) is 5.78 Å². The molecule has 1 rings (SSSR count). The first-order valence-electron chi connectivity index (χ1n) is 4.39. The SMILES string of the molecule is CC(C)CC(N)C(=O)[C@@]1(C)CO1. The summed E-state index contributed by atoms with van der Waals surface area (Å²) >= 11 is 0. The van der Waals surface area contributed by atoms with E-state index in [0.717, 1.165) is 6.42 Å². The fraction of sp³-hybridized carbons (Fsp3) is 0.889. The molecule has 2 N–H and O–H groups in total. The van der Waals surface area contributed by atoms with Gasteiger partial charge in [-0.2, -0.15) is 0 Å². The quantitative estimate of drug-likeness (QED) is 0.634. The lowest BCUT2D eigenvalue weighted by molar-refractivity contribution is -0.125. The van der Waals surface area contributed by atoms with Gasteiger partial charge in [-0.3, -0.25) is 4.79 Å². The van der Waals surface area contributed by atoms with Crippen LogP contribution < -0.4 is 5.73 Å². The van der Waals surface area contributed by atoms with Gasteiger partial charge in [-0.25, -0.2) is 0 Å². The van der Waals surface area contributed by atoms with Crippen molar-refractivity contribution in [1.29, 1.82) is 0 Å². The standard InChI is InChI=1S/C9H17NO2/c1-6(2)4-7(10)8(11)9(3)5-12-9/h6-7H,4-5,10H2,1-3H3/t7?,9-/m1/s1. The first kappa shape index (κ1) is 9.68. The number of Topliss-reactive ketones (excluding diaryl/α,β-unsaturated/α-hetero) is 1. The van der Waals surface area contributed by atoms with Crippen LogP contribution >= 0.6 is 0 Å². The highest BCUT2D eigenvalue weighted by Crippen LogP contribution is 2.28. The molecule has 0 bridgehead atoms. The summed E-state index contributed by atoms with van der Waals surface area (Å²) in [6.45, 7) is 6.46. The maximum absolute atomic E-state index is 11.5. The summed E-state index contributed by atoms with van der Waals surface area (Å²) in [5, 5.41) is 0. The molecule has 1 heterocycles. The van der Waals surface area contributed by atoms with Gasteiger partial charge in [0.2, 0.25) is 0 Å². The van der Waals surface area contributed by atoms with Crippen LogP contribution in [0.25, 0.3) is 0 Å². The molecule has 0 aromatic rings. The van der Waals surface area contributed by atoms with Crippen LogP contribution in [0.2, 0.25) is 0 Å². The van der Waals surface area contributed by atoms with Crippen LogP contribution in [-0.2, 0) is 9.53 Å². The van der Waals surface area contributed by atoms with Crippen LogP contribution in [0.5, 0.6) is 0 Å². The maximum atomic E-state index is 11.5. The fourth-order valence-electron chi connectivity index (χ4n) is 1.26. The summed E-state index contributed by atoms with van der Waals surface area (Å²) in [7, 11) is 0. The van der Waals surface area contributed by atoms with Crippen molar-refractivity contribution in [2.24, 2.45) is 11.7 Å². The molecule has 2 atom stereocenters. The van der Waals surface area contributed by atoms with E-state index in [1.54, 1.807) is 6.92 Å². The van der Waals surface area contributed by atoms with Gasteiger partial charge < -0.3 is 10.5 Å². The lowest BCUT2D eigenvalue weighted by atomic mass is 9.94. The molecule has 0 spiro atoms. The number of carbonyl (C=O) groups excluding carboxylic acids is 1. The van der Waals surface area contributed by atoms with E-state index in [1.807, 2.05) is 0 Å². The molecule has 0 amide bonds. The third-order valence-corrected chi connectivity index (χ3v) is 2.16. The van der Waals surface area contributed by atoms with Gasteiger partial charge in [-0.05, 0) is 19.3 Å². The average molecular weight is 171 g/mol. The average Bonchev–Trinajstić information content (AvgIpc) is 2.66. The molecule has 12 heavy (non-hydrogen) atoms. The maximum Gasteiger partial charge on any atom is 0.183 e. The fourth-order valence-corrected chi connectivity index (χ4v) is 1.26. The number of ether oxygens (including phenoxy) is 1. The molecule has 0 aliphatic carbocycles. The Hall–Kier alpha value is -0.410. The molecule has 1 aliphatic heterocycles. The van der Waals surface area contributed by atoms with Crippen LogP contribution in [0.4, 0.5) is 0 Å². The molecule has 3 heteroatoms. The second kappa shape index (κ2) is 3.15. The van der Waals surface area contributed by atoms with E-state index in [0.29, 0.717) is 12.5 Å². The van der Waals surface area contributed by atoms with Gasteiger partial charge in [0.1, 0.15) is 5.60 Å². The molecule has 1 saturated heterocycles. The zero-order chi connectivity index (χ0) is 9.35. The number of ketones is 1. The highest BCUT2D eigenvalue weighted by molar-refractivity contribution is 5.93. The van der Waals surface area contributed by atoms with Crippen molar-refractivity contribution < 1.29 is 9.53 Å². The molecule has 1 unspecified atom stereocenters. The smallest absolute Gasteiger partial charge is 0.183 e. The molecule has 0 aromatic carbocycles. The largest absolute Gasteiger partial charge is 0.362 e. The third kappa shape index (κ3) is 2.05. The van der Waals surface area contributed by atoms with Crippen molar-refractivity contribution in [3.05, 3.63) is 0 Å². The lowest BCUT2D eigenvalue weighted by Gasteiger charge is -2.14. The van der Waals surface area contributed by atoms with Crippen LogP contribution in [0.3, 0.4) is 0 Å². The Morgan fingerprint density at radius 2 is 2.17 bits per heavy atom. The summed E-state index contributed by atoms with van der Waals surface area (Å²) in [6, 6.07) is -0.350. The Morgan fingerprint density at radius 1 is 1.67 bits per heavy atom. The van der Waals surface area contributed by atoms with E-state index >= 15 is 0 Å². The van der Waals surface area contributed by atoms with Gasteiger partial charge in [-0.15, -0.1) is 0 Å². The molecule has 3 nitrogen and oxygen atoms in total. The third-order valence-electron chi connectivity index (χ3n) is 2.16. The molecule has 1 fully saturated rings. The zero-order valence-electron chi connectivity index (χ0n) is 7.96. The van der Waals surface area contributed by atoms with E-state index in [4.69, 9.17) is 10.5 Å². The molecule has 70 valence electrons. The van der Waals surface area contributed by atoms with Gasteiger partial charge in [0.25, 0.3) is 0 Å². The molecular formula is C9H17NO2. The van der Waals surface area contributed by atoms with Crippen molar-refractivity contribution in [2.75, 3.05) is 6.61 Å². The van der Waals surface area contributed by atoms with Crippen molar-refractivity contribution in [1.82, 2.24) is 0 Å². The lowest BCUT2D eigenvalue weighted by Crippen LogP contribution is -2.40. The van der Waals surface area contributed by atoms with Crippen LogP contribution in [0, 0.1) is 5.92 Å². The van der Waals surface area contributed by atoms with Gasteiger partial charge in [0, 0.05) is 0 Å². The minimum absolute atomic E-state index is 0.0520. The van der Waals surface area contributed by atoms with E-state index in [-0.39, 0.29) is 11.8 Å². The first-order valence-corrected chi connectivity index (χ1v) is 4.39. The van der Waals surface area contributed by atoms with Crippen LogP contribution in [0.1, 0.15) is 27.2 Å². The monoisotopic (exact) mass is 171 g/mol. The Kier molecular flexibility index (Phi) is 2.54. The van der Waals surface area contributed by atoms with E-state index in [9.17, 15) is 4.79 Å². The summed E-state index contributed by atoms with van der Waals surface area (Å²) in [6.07, 6.45) is 0.748. The second-order valence-corrected chi connectivity index (χ2v) is 4.12. The van der Waals surface area contributed by atoms with Crippen molar-refractivity contribution in [2.45, 2.75) is 38.8 Å². The summed E-state index contributed by atoms with van der Waals surface area (Å²) < 4.78 is 5.03. The first-order chi connectivity index (χ1) is 5.46. The Bertz CT molecular complexity index is 185. The van der Waals surface area contributed by atoms with Gasteiger partial charge in [0.05, 0.1) is 12.6 Å². The number of epoxide rings is 1. The summed E-state index contributed by atoms with van der Waals surface area (Å²) in [5.41, 5.74) is 5.17. The van der Waals surface area contributed by atoms with Crippen molar-refractivity contribution in [3.63, 3.8) is 0 Å².